The van der Waals surface area contributed by atoms with Gasteiger partial charge in [0.25, 0.3) is 5.91 Å². The van der Waals surface area contributed by atoms with Crippen molar-refractivity contribution in [2.24, 2.45) is 0 Å². The van der Waals surface area contributed by atoms with Gasteiger partial charge in [-0.3, -0.25) is 4.79 Å². The summed E-state index contributed by atoms with van der Waals surface area (Å²) in [6.07, 6.45) is -1.01. The summed E-state index contributed by atoms with van der Waals surface area (Å²) in [7, 11) is 1.49. The molecule has 2 aromatic heterocycles. The number of nitrogens with zero attached hydrogens (tertiary/aromatic N) is 1. The van der Waals surface area contributed by atoms with E-state index in [9.17, 15) is 9.59 Å². The van der Waals surface area contributed by atoms with Gasteiger partial charge in [0, 0.05) is 16.0 Å². The second-order valence-corrected chi connectivity index (χ2v) is 8.04. The number of ether oxygens (including phenoxy) is 2. The molecule has 0 fully saturated rings. The number of benzene rings is 1. The molecule has 0 aliphatic rings. The molecule has 1 N–H and O–H groups in total. The van der Waals surface area contributed by atoms with Crippen LogP contribution in [0.1, 0.15) is 22.3 Å². The molecule has 146 valence electrons. The van der Waals surface area contributed by atoms with E-state index in [2.05, 4.69) is 10.3 Å². The summed E-state index contributed by atoms with van der Waals surface area (Å²) in [4.78, 5) is 29.8. The maximum Gasteiger partial charge on any atom is 0.351 e. The first-order valence-electron chi connectivity index (χ1n) is 8.24. The molecule has 2 heterocycles. The molecule has 1 aromatic carbocycles. The molecule has 1 atom stereocenters. The average molecular weight is 437 g/mol. The second kappa shape index (κ2) is 8.72. The molecule has 0 radical (unpaired) electrons. The van der Waals surface area contributed by atoms with E-state index >= 15 is 0 Å². The molecule has 0 saturated carbocycles. The highest BCUT2D eigenvalue weighted by Gasteiger charge is 2.24. The van der Waals surface area contributed by atoms with Crippen molar-refractivity contribution in [2.75, 3.05) is 12.4 Å². The van der Waals surface area contributed by atoms with E-state index < -0.39 is 18.0 Å². The van der Waals surface area contributed by atoms with E-state index in [1.165, 1.54) is 25.4 Å². The van der Waals surface area contributed by atoms with Gasteiger partial charge < -0.3 is 14.8 Å². The number of rotatable bonds is 6. The largest absolute Gasteiger partial charge is 0.495 e. The van der Waals surface area contributed by atoms with Crippen LogP contribution < -0.4 is 10.1 Å². The van der Waals surface area contributed by atoms with E-state index in [0.717, 1.165) is 10.6 Å². The molecule has 3 rings (SSSR count). The highest BCUT2D eigenvalue weighted by molar-refractivity contribution is 7.17. The van der Waals surface area contributed by atoms with Gasteiger partial charge in [-0.25, -0.2) is 9.78 Å². The number of thiophene rings is 1. The van der Waals surface area contributed by atoms with Crippen LogP contribution in [-0.2, 0) is 9.53 Å². The third kappa shape index (κ3) is 4.52. The molecule has 3 aromatic rings. The van der Waals surface area contributed by atoms with Crippen LogP contribution in [0.5, 0.6) is 5.75 Å². The van der Waals surface area contributed by atoms with Gasteiger partial charge in [0.05, 0.1) is 18.5 Å². The normalized spacial score (nSPS) is 11.7. The van der Waals surface area contributed by atoms with Crippen molar-refractivity contribution in [2.45, 2.75) is 20.0 Å². The molecule has 0 spiro atoms. The van der Waals surface area contributed by atoms with Gasteiger partial charge in [0.1, 0.15) is 15.6 Å². The Bertz CT molecular complexity index is 1000. The van der Waals surface area contributed by atoms with Gasteiger partial charge in [-0.2, -0.15) is 11.3 Å². The third-order valence-corrected chi connectivity index (χ3v) is 5.93. The lowest BCUT2D eigenvalue weighted by Gasteiger charge is -2.15. The first kappa shape index (κ1) is 20.3. The topological polar surface area (TPSA) is 77.5 Å². The molecule has 6 nitrogen and oxygen atoms in total. The smallest absolute Gasteiger partial charge is 0.351 e. The van der Waals surface area contributed by atoms with Gasteiger partial charge in [-0.05, 0) is 43.5 Å². The highest BCUT2D eigenvalue weighted by atomic mass is 35.5. The zero-order chi connectivity index (χ0) is 20.3. The zero-order valence-corrected chi connectivity index (χ0v) is 17.7. The van der Waals surface area contributed by atoms with Crippen molar-refractivity contribution >= 4 is 51.8 Å². The minimum Gasteiger partial charge on any atom is -0.495 e. The summed E-state index contributed by atoms with van der Waals surface area (Å²) in [5, 5.41) is 7.76. The summed E-state index contributed by atoms with van der Waals surface area (Å²) in [6, 6.07) is 6.79. The van der Waals surface area contributed by atoms with Crippen molar-refractivity contribution in [1.82, 2.24) is 4.98 Å². The number of thiazole rings is 1. The minimum absolute atomic E-state index is 0.376. The minimum atomic E-state index is -1.01. The Hall–Kier alpha value is -2.42. The standard InChI is InChI=1S/C19H17ClN2O4S2/c1-10-16(28-18(21-10)12-6-7-27-9-12)19(24)26-11(2)17(23)22-14-8-13(20)4-5-15(14)25-3/h4-9,11H,1-3H3,(H,22,23). The van der Waals surface area contributed by atoms with E-state index in [0.29, 0.717) is 27.0 Å². The fourth-order valence-corrected chi connectivity index (χ4v) is 4.21. The molecule has 28 heavy (non-hydrogen) atoms. The van der Waals surface area contributed by atoms with Crippen LogP contribution in [0, 0.1) is 6.92 Å². The van der Waals surface area contributed by atoms with Crippen LogP contribution in [-0.4, -0.2) is 30.1 Å². The molecule has 1 amide bonds. The Balaban J connectivity index is 1.69. The van der Waals surface area contributed by atoms with Gasteiger partial charge in [0.15, 0.2) is 6.10 Å². The fraction of sp³-hybridized carbons (Fsp3) is 0.211. The lowest BCUT2D eigenvalue weighted by atomic mass is 10.2. The van der Waals surface area contributed by atoms with Gasteiger partial charge in [-0.15, -0.1) is 11.3 Å². The number of methoxy groups -OCH3 is 1. The lowest BCUT2D eigenvalue weighted by molar-refractivity contribution is -0.123. The van der Waals surface area contributed by atoms with Crippen molar-refractivity contribution < 1.29 is 19.1 Å². The maximum atomic E-state index is 12.5. The van der Waals surface area contributed by atoms with Crippen LogP contribution >= 0.6 is 34.3 Å². The predicted octanol–water partition coefficient (Wildman–Crippen LogP) is 5.03. The molecule has 0 aliphatic carbocycles. The number of halogens is 1. The predicted molar refractivity (Wildman–Crippen MR) is 112 cm³/mol. The summed E-state index contributed by atoms with van der Waals surface area (Å²) in [6.45, 7) is 3.24. The first-order valence-corrected chi connectivity index (χ1v) is 10.4. The molecule has 0 aliphatic heterocycles. The highest BCUT2D eigenvalue weighted by Crippen LogP contribution is 2.30. The maximum absolute atomic E-state index is 12.5. The summed E-state index contributed by atoms with van der Waals surface area (Å²) >= 11 is 8.76. The first-order chi connectivity index (χ1) is 13.4. The number of amides is 1. The Labute approximate surface area is 175 Å². The van der Waals surface area contributed by atoms with E-state index in [1.54, 1.807) is 36.5 Å². The van der Waals surface area contributed by atoms with Crippen LogP contribution in [0.4, 0.5) is 5.69 Å². The lowest BCUT2D eigenvalue weighted by Crippen LogP contribution is -2.30. The Morgan fingerprint density at radius 3 is 2.75 bits per heavy atom. The van der Waals surface area contributed by atoms with Gasteiger partial charge in [0.2, 0.25) is 0 Å². The molecule has 0 saturated heterocycles. The molecule has 1 unspecified atom stereocenters. The van der Waals surface area contributed by atoms with E-state index in [1.807, 2.05) is 16.8 Å². The average Bonchev–Trinajstić information content (AvgIpc) is 3.31. The number of carbonyl (C=O) groups excluding carboxylic acids is 2. The third-order valence-electron chi connectivity index (χ3n) is 3.82. The zero-order valence-electron chi connectivity index (χ0n) is 15.3. The number of nitrogens with one attached hydrogen (secondary N) is 1. The quantitative estimate of drug-likeness (QED) is 0.548. The summed E-state index contributed by atoms with van der Waals surface area (Å²) < 4.78 is 10.5. The fourth-order valence-electron chi connectivity index (χ4n) is 2.38. The Kier molecular flexibility index (Phi) is 6.33. The number of hydrogen-bond acceptors (Lipinski definition) is 7. The van der Waals surface area contributed by atoms with Crippen molar-refractivity contribution in [3.8, 4) is 16.3 Å². The van der Waals surface area contributed by atoms with Gasteiger partial charge >= 0.3 is 5.97 Å². The van der Waals surface area contributed by atoms with Crippen molar-refractivity contribution in [1.29, 1.82) is 0 Å². The van der Waals surface area contributed by atoms with Crippen molar-refractivity contribution in [3.05, 3.63) is 50.6 Å². The van der Waals surface area contributed by atoms with Crippen LogP contribution in [0.3, 0.4) is 0 Å². The number of esters is 1. The van der Waals surface area contributed by atoms with Crippen LogP contribution in [0.25, 0.3) is 10.6 Å². The van der Waals surface area contributed by atoms with Crippen LogP contribution in [0.15, 0.2) is 35.0 Å². The Morgan fingerprint density at radius 2 is 2.07 bits per heavy atom. The molecular formula is C19H17ClN2O4S2. The number of aromatic nitrogens is 1. The SMILES string of the molecule is COc1ccc(Cl)cc1NC(=O)C(C)OC(=O)c1sc(-c2ccsc2)nc1C. The number of hydrogen-bond donors (Lipinski definition) is 1. The van der Waals surface area contributed by atoms with E-state index in [-0.39, 0.29) is 0 Å². The van der Waals surface area contributed by atoms with Crippen LogP contribution in [0.2, 0.25) is 5.02 Å². The molecule has 9 heteroatoms. The summed E-state index contributed by atoms with van der Waals surface area (Å²) in [5.41, 5.74) is 1.92. The number of aryl methyl sites for hydroxylation is 1. The monoisotopic (exact) mass is 436 g/mol. The van der Waals surface area contributed by atoms with Gasteiger partial charge in [-0.1, -0.05) is 11.6 Å². The van der Waals surface area contributed by atoms with Crippen molar-refractivity contribution in [3.63, 3.8) is 0 Å². The number of anilines is 1. The molecular weight excluding hydrogens is 420 g/mol. The Morgan fingerprint density at radius 1 is 1.29 bits per heavy atom. The summed E-state index contributed by atoms with van der Waals surface area (Å²) in [5.74, 6) is -0.624. The number of carbonyl (C=O) groups is 2. The van der Waals surface area contributed by atoms with E-state index in [4.69, 9.17) is 21.1 Å². The molecule has 0 bridgehead atoms. The second-order valence-electron chi connectivity index (χ2n) is 5.83.